The molecule has 1 N–H and O–H groups in total. The molecular formula is C18H28NO4. The molecule has 1 atom stereocenters. The standard InChI is InChI=1S/C18H28NO4/c1-10(2)12(19(23)16(3,4)5)11-13(20)17(6,7)15(22)18(8,9)14(11)21/h12,20H,1H2,2-9H3. The Morgan fingerprint density at radius 1 is 1.13 bits per heavy atom. The molecule has 0 fully saturated rings. The Bertz CT molecular complexity index is 591. The van der Waals surface area contributed by atoms with Gasteiger partial charge in [0.1, 0.15) is 5.76 Å². The van der Waals surface area contributed by atoms with E-state index in [1.54, 1.807) is 41.5 Å². The zero-order valence-electron chi connectivity index (χ0n) is 15.4. The van der Waals surface area contributed by atoms with E-state index in [9.17, 15) is 19.9 Å². The van der Waals surface area contributed by atoms with E-state index in [0.29, 0.717) is 5.57 Å². The normalized spacial score (nSPS) is 22.5. The van der Waals surface area contributed by atoms with Gasteiger partial charge in [-0.3, -0.25) is 9.59 Å². The number of hydrogen-bond acceptors (Lipinski definition) is 4. The van der Waals surface area contributed by atoms with E-state index in [-0.39, 0.29) is 17.1 Å². The Kier molecular flexibility index (Phi) is 4.74. The summed E-state index contributed by atoms with van der Waals surface area (Å²) in [4.78, 5) is 25.5. The summed E-state index contributed by atoms with van der Waals surface area (Å²) in [6, 6.07) is -0.992. The van der Waals surface area contributed by atoms with Gasteiger partial charge >= 0.3 is 0 Å². The molecule has 0 spiro atoms. The SMILES string of the molecule is C=C(C)C(C1=C(O)C(C)(C)C(=O)C(C)(C)C1=O)N([O])C(C)(C)C. The van der Waals surface area contributed by atoms with Gasteiger partial charge in [0, 0.05) is 5.54 Å². The number of ketones is 2. The number of Topliss-reactive ketones (excluding diaryl/α,β-unsaturated/α-hetero) is 2. The third-order valence-corrected chi connectivity index (χ3v) is 4.43. The largest absolute Gasteiger partial charge is 0.511 e. The topological polar surface area (TPSA) is 77.5 Å². The summed E-state index contributed by atoms with van der Waals surface area (Å²) in [7, 11) is 0. The molecule has 0 aromatic rings. The van der Waals surface area contributed by atoms with Crippen LogP contribution in [0.25, 0.3) is 0 Å². The number of carbonyl (C=O) groups excluding carboxylic acids is 2. The number of hydroxylamine groups is 2. The van der Waals surface area contributed by atoms with Crippen molar-refractivity contribution in [3.8, 4) is 0 Å². The summed E-state index contributed by atoms with van der Waals surface area (Å²) in [5, 5.41) is 24.2. The zero-order valence-corrected chi connectivity index (χ0v) is 15.4. The van der Waals surface area contributed by atoms with Gasteiger partial charge in [0.05, 0.1) is 22.4 Å². The second-order valence-corrected chi connectivity index (χ2v) is 8.42. The first kappa shape index (κ1) is 19.6. The fourth-order valence-electron chi connectivity index (χ4n) is 2.98. The van der Waals surface area contributed by atoms with Crippen LogP contribution in [0.4, 0.5) is 0 Å². The lowest BCUT2D eigenvalue weighted by atomic mass is 9.62. The van der Waals surface area contributed by atoms with Crippen LogP contribution in [-0.4, -0.2) is 33.3 Å². The van der Waals surface area contributed by atoms with Crippen LogP contribution in [0.15, 0.2) is 23.5 Å². The van der Waals surface area contributed by atoms with Crippen molar-refractivity contribution in [3.05, 3.63) is 23.5 Å². The van der Waals surface area contributed by atoms with E-state index in [4.69, 9.17) is 0 Å². The molecule has 0 aromatic heterocycles. The summed E-state index contributed by atoms with van der Waals surface area (Å²) in [5.74, 6) is -1.20. The van der Waals surface area contributed by atoms with E-state index in [0.717, 1.165) is 5.06 Å². The van der Waals surface area contributed by atoms with Gasteiger partial charge in [-0.2, -0.15) is 0 Å². The van der Waals surface area contributed by atoms with Crippen molar-refractivity contribution in [2.24, 2.45) is 10.8 Å². The molecule has 0 heterocycles. The first-order valence-electron chi connectivity index (χ1n) is 7.73. The third-order valence-electron chi connectivity index (χ3n) is 4.43. The zero-order chi connectivity index (χ0) is 18.5. The van der Waals surface area contributed by atoms with Gasteiger partial charge in [0.25, 0.3) is 0 Å². The van der Waals surface area contributed by atoms with Gasteiger partial charge in [-0.25, -0.2) is 0 Å². The second kappa shape index (κ2) is 5.56. The van der Waals surface area contributed by atoms with E-state index < -0.39 is 28.2 Å². The first-order chi connectivity index (χ1) is 10.1. The highest BCUT2D eigenvalue weighted by Gasteiger charge is 2.55. The van der Waals surface area contributed by atoms with Gasteiger partial charge in [-0.15, -0.1) is 10.3 Å². The van der Waals surface area contributed by atoms with Gasteiger partial charge in [-0.1, -0.05) is 12.2 Å². The number of aliphatic hydroxyl groups is 1. The molecular weight excluding hydrogens is 294 g/mol. The smallest absolute Gasteiger partial charge is 0.177 e. The molecule has 23 heavy (non-hydrogen) atoms. The average molecular weight is 322 g/mol. The van der Waals surface area contributed by atoms with Crippen LogP contribution in [0, 0.1) is 10.8 Å². The molecule has 5 heteroatoms. The monoisotopic (exact) mass is 322 g/mol. The highest BCUT2D eigenvalue weighted by molar-refractivity contribution is 6.19. The van der Waals surface area contributed by atoms with Crippen molar-refractivity contribution in [1.29, 1.82) is 0 Å². The molecule has 0 saturated heterocycles. The lowest BCUT2D eigenvalue weighted by Gasteiger charge is -2.43. The van der Waals surface area contributed by atoms with Gasteiger partial charge in [-0.05, 0) is 55.4 Å². The molecule has 5 nitrogen and oxygen atoms in total. The van der Waals surface area contributed by atoms with Crippen LogP contribution >= 0.6 is 0 Å². The van der Waals surface area contributed by atoms with Gasteiger partial charge in [0.2, 0.25) is 0 Å². The van der Waals surface area contributed by atoms with E-state index in [1.807, 2.05) is 0 Å². The molecule has 0 aromatic carbocycles. The minimum absolute atomic E-state index is 0.0166. The van der Waals surface area contributed by atoms with Crippen molar-refractivity contribution >= 4 is 11.6 Å². The third kappa shape index (κ3) is 3.00. The molecule has 1 radical (unpaired) electrons. The molecule has 1 aliphatic carbocycles. The minimum atomic E-state index is -1.29. The number of nitrogens with zero attached hydrogens (tertiary/aromatic N) is 1. The number of carbonyl (C=O) groups is 2. The molecule has 0 bridgehead atoms. The molecule has 0 saturated carbocycles. The maximum absolute atomic E-state index is 12.9. The summed E-state index contributed by atoms with van der Waals surface area (Å²) in [6.45, 7) is 16.9. The summed E-state index contributed by atoms with van der Waals surface area (Å²) < 4.78 is 0. The Morgan fingerprint density at radius 2 is 1.57 bits per heavy atom. The maximum atomic E-state index is 12.9. The summed E-state index contributed by atoms with van der Waals surface area (Å²) in [5.41, 5.74) is -2.87. The van der Waals surface area contributed by atoms with E-state index >= 15 is 0 Å². The number of rotatable bonds is 3. The Hall–Kier alpha value is -1.46. The van der Waals surface area contributed by atoms with Crippen LogP contribution < -0.4 is 0 Å². The predicted octanol–water partition coefficient (Wildman–Crippen LogP) is 3.39. The molecule has 129 valence electrons. The van der Waals surface area contributed by atoms with Crippen LogP contribution in [0.5, 0.6) is 0 Å². The number of allylic oxidation sites excluding steroid dienone is 1. The molecule has 0 amide bonds. The van der Waals surface area contributed by atoms with Crippen LogP contribution in [-0.2, 0) is 14.8 Å². The number of aliphatic hydroxyl groups excluding tert-OH is 1. The lowest BCUT2D eigenvalue weighted by molar-refractivity contribution is -0.225. The number of hydrogen-bond donors (Lipinski definition) is 1. The second-order valence-electron chi connectivity index (χ2n) is 8.42. The molecule has 1 aliphatic rings. The Balaban J connectivity index is 3.70. The van der Waals surface area contributed by atoms with Crippen LogP contribution in [0.3, 0.4) is 0 Å². The highest BCUT2D eigenvalue weighted by Crippen LogP contribution is 2.45. The van der Waals surface area contributed by atoms with E-state index in [2.05, 4.69) is 6.58 Å². The van der Waals surface area contributed by atoms with Crippen molar-refractivity contribution in [2.45, 2.75) is 67.0 Å². The molecule has 1 rings (SSSR count). The van der Waals surface area contributed by atoms with Crippen molar-refractivity contribution < 1.29 is 19.9 Å². The van der Waals surface area contributed by atoms with Gasteiger partial charge in [0.15, 0.2) is 11.6 Å². The highest BCUT2D eigenvalue weighted by atomic mass is 16.5. The quantitative estimate of drug-likeness (QED) is 0.491. The molecule has 0 aliphatic heterocycles. The van der Waals surface area contributed by atoms with Crippen LogP contribution in [0.2, 0.25) is 0 Å². The van der Waals surface area contributed by atoms with Crippen molar-refractivity contribution in [1.82, 2.24) is 5.06 Å². The molecule has 1 unspecified atom stereocenters. The van der Waals surface area contributed by atoms with Crippen molar-refractivity contribution in [2.75, 3.05) is 0 Å². The fraction of sp³-hybridized carbons (Fsp3) is 0.667. The first-order valence-corrected chi connectivity index (χ1v) is 7.73. The maximum Gasteiger partial charge on any atom is 0.177 e. The van der Waals surface area contributed by atoms with Gasteiger partial charge < -0.3 is 5.11 Å². The predicted molar refractivity (Wildman–Crippen MR) is 88.1 cm³/mol. The average Bonchev–Trinajstić information content (AvgIpc) is 2.38. The Labute approximate surface area is 138 Å². The summed E-state index contributed by atoms with van der Waals surface area (Å²) >= 11 is 0. The fourth-order valence-corrected chi connectivity index (χ4v) is 2.98. The van der Waals surface area contributed by atoms with E-state index in [1.165, 1.54) is 13.8 Å². The minimum Gasteiger partial charge on any atom is -0.511 e. The van der Waals surface area contributed by atoms with Crippen molar-refractivity contribution in [3.63, 3.8) is 0 Å². The summed E-state index contributed by atoms with van der Waals surface area (Å²) in [6.07, 6.45) is 0. The Morgan fingerprint density at radius 3 is 1.91 bits per heavy atom. The lowest BCUT2D eigenvalue weighted by Crippen LogP contribution is -2.55. The van der Waals surface area contributed by atoms with Crippen LogP contribution in [0.1, 0.15) is 55.4 Å².